The van der Waals surface area contributed by atoms with Crippen molar-refractivity contribution in [3.8, 4) is 22.6 Å². The molecule has 1 amide bonds. The molecule has 1 unspecified atom stereocenters. The molecule has 0 radical (unpaired) electrons. The van der Waals surface area contributed by atoms with E-state index in [0.29, 0.717) is 65.2 Å². The molecule has 5 heterocycles. The molecule has 8 rings (SSSR count). The highest BCUT2D eigenvalue weighted by molar-refractivity contribution is 6.36. The van der Waals surface area contributed by atoms with E-state index in [4.69, 9.17) is 32.7 Å². The summed E-state index contributed by atoms with van der Waals surface area (Å²) in [6.07, 6.45) is 6.90. The molecule has 2 aromatic heterocycles. The highest BCUT2D eigenvalue weighted by atomic mass is 35.5. The maximum Gasteiger partial charge on any atom is 0.320 e. The largest absolute Gasteiger partial charge is 0.488 e. The Labute approximate surface area is 348 Å². The average molecular weight is 825 g/mol. The minimum Gasteiger partial charge on any atom is -0.488 e. The van der Waals surface area contributed by atoms with Crippen LogP contribution in [-0.2, 0) is 44.6 Å². The number of carboxylic acid groups (broad SMARTS) is 1. The number of carbonyl (C=O) groups is 2. The summed E-state index contributed by atoms with van der Waals surface area (Å²) in [7, 11) is 3.93. The Hall–Kier alpha value is -4.98. The summed E-state index contributed by atoms with van der Waals surface area (Å²) < 4.78 is 14.7. The number of likely N-dealkylation sites (tertiary alicyclic amines) is 1. The van der Waals surface area contributed by atoms with E-state index in [1.54, 1.807) is 18.3 Å². The summed E-state index contributed by atoms with van der Waals surface area (Å²) >= 11 is 13.9. The molecule has 3 N–H and O–H groups in total. The van der Waals surface area contributed by atoms with E-state index in [2.05, 4.69) is 31.6 Å². The van der Waals surface area contributed by atoms with Gasteiger partial charge in [-0.15, -0.1) is 0 Å². The Morgan fingerprint density at radius 2 is 1.76 bits per heavy atom. The zero-order chi connectivity index (χ0) is 40.5. The summed E-state index contributed by atoms with van der Waals surface area (Å²) in [6.45, 7) is 6.09. The quantitative estimate of drug-likeness (QED) is 0.102. The highest BCUT2D eigenvalue weighted by Gasteiger charge is 2.30. The predicted octanol–water partition coefficient (Wildman–Crippen LogP) is 7.58. The van der Waals surface area contributed by atoms with Crippen LogP contribution in [0.2, 0.25) is 10.0 Å². The lowest BCUT2D eigenvalue weighted by atomic mass is 9.96. The van der Waals surface area contributed by atoms with Gasteiger partial charge in [-0.05, 0) is 73.8 Å². The van der Waals surface area contributed by atoms with E-state index in [0.717, 1.165) is 82.7 Å². The first-order valence-electron chi connectivity index (χ1n) is 19.7. The number of imidazole rings is 1. The van der Waals surface area contributed by atoms with Crippen LogP contribution in [0.3, 0.4) is 0 Å². The number of fused-ring (bicyclic) bond motifs is 1. The van der Waals surface area contributed by atoms with Gasteiger partial charge in [0.25, 0.3) is 5.91 Å². The molecule has 2 atom stereocenters. The van der Waals surface area contributed by atoms with Crippen molar-refractivity contribution in [3.63, 3.8) is 0 Å². The number of likely N-dealkylation sites (N-methyl/N-ethyl adjacent to an activating group) is 1. The highest BCUT2D eigenvalue weighted by Crippen LogP contribution is 2.39. The van der Waals surface area contributed by atoms with Gasteiger partial charge in [-0.3, -0.25) is 19.5 Å². The monoisotopic (exact) mass is 823 g/mol. The smallest absolute Gasteiger partial charge is 0.320 e. The number of aromatic nitrogens is 3. The Morgan fingerprint density at radius 1 is 0.966 bits per heavy atom. The number of carbonyl (C=O) groups excluding carboxylic acids is 1. The van der Waals surface area contributed by atoms with Gasteiger partial charge in [-0.2, -0.15) is 0 Å². The van der Waals surface area contributed by atoms with Crippen LogP contribution in [0.5, 0.6) is 11.5 Å². The number of piperidine rings is 1. The molecule has 14 heteroatoms. The third-order valence-corrected chi connectivity index (χ3v) is 12.1. The summed E-state index contributed by atoms with van der Waals surface area (Å²) in [5.74, 6) is 0.222. The number of amides is 1. The zero-order valence-corrected chi connectivity index (χ0v) is 34.4. The molecule has 12 nitrogen and oxygen atoms in total. The first-order valence-corrected chi connectivity index (χ1v) is 20.4. The fourth-order valence-corrected chi connectivity index (χ4v) is 8.54. The lowest BCUT2D eigenvalue weighted by Crippen LogP contribution is -2.44. The van der Waals surface area contributed by atoms with Crippen LogP contribution < -0.4 is 20.1 Å². The summed E-state index contributed by atoms with van der Waals surface area (Å²) in [5, 5.41) is 17.1. The van der Waals surface area contributed by atoms with Gasteiger partial charge in [0.2, 0.25) is 0 Å². The van der Waals surface area contributed by atoms with E-state index in [-0.39, 0.29) is 19.1 Å². The third kappa shape index (κ3) is 8.57. The number of nitrogens with zero attached hydrogens (tertiary/aromatic N) is 5. The van der Waals surface area contributed by atoms with Gasteiger partial charge in [0.1, 0.15) is 30.8 Å². The maximum absolute atomic E-state index is 13.5. The van der Waals surface area contributed by atoms with E-state index in [1.165, 1.54) is 0 Å². The number of hydrogen-bond donors (Lipinski definition) is 3. The van der Waals surface area contributed by atoms with Gasteiger partial charge in [0.05, 0.1) is 21.4 Å². The van der Waals surface area contributed by atoms with Crippen LogP contribution in [0, 0.1) is 6.92 Å². The van der Waals surface area contributed by atoms with Gasteiger partial charge < -0.3 is 34.7 Å². The van der Waals surface area contributed by atoms with E-state index < -0.39 is 12.0 Å². The van der Waals surface area contributed by atoms with Crippen molar-refractivity contribution in [2.45, 2.75) is 71.0 Å². The molecule has 0 saturated carbocycles. The SMILES string of the molecule is Cc1c(COc2cc(OCc3cncc(C4CN4)c3)c(CN3CCCC[C@H]3C(=O)O)cc2Cl)cccc1-c1cccc(NC(=O)c2nc3c(n2C)CCN(C)C3)c1Cl. The molecule has 3 aromatic carbocycles. The van der Waals surface area contributed by atoms with Crippen molar-refractivity contribution in [2.24, 2.45) is 7.05 Å². The maximum atomic E-state index is 13.5. The van der Waals surface area contributed by atoms with Crippen LogP contribution >= 0.6 is 23.2 Å². The second-order valence-electron chi connectivity index (χ2n) is 15.5. The number of benzene rings is 3. The zero-order valence-electron chi connectivity index (χ0n) is 32.9. The van der Waals surface area contributed by atoms with Crippen LogP contribution in [0.1, 0.15) is 75.1 Å². The van der Waals surface area contributed by atoms with Crippen molar-refractivity contribution in [2.75, 3.05) is 32.0 Å². The number of hydrogen-bond acceptors (Lipinski definition) is 9. The molecule has 3 aliphatic heterocycles. The molecular formula is C44H47Cl2N7O5. The first kappa shape index (κ1) is 39.8. The van der Waals surface area contributed by atoms with Crippen LogP contribution in [0.25, 0.3) is 11.1 Å². The summed E-state index contributed by atoms with van der Waals surface area (Å²) in [4.78, 5) is 38.9. The topological polar surface area (TPSA) is 144 Å². The summed E-state index contributed by atoms with van der Waals surface area (Å²) in [5.41, 5.74) is 8.87. The lowest BCUT2D eigenvalue weighted by Gasteiger charge is -2.33. The van der Waals surface area contributed by atoms with Crippen molar-refractivity contribution < 1.29 is 24.2 Å². The summed E-state index contributed by atoms with van der Waals surface area (Å²) in [6, 6.07) is 17.0. The second kappa shape index (κ2) is 17.1. The molecule has 2 saturated heterocycles. The van der Waals surface area contributed by atoms with E-state index in [9.17, 15) is 14.7 Å². The minimum absolute atomic E-state index is 0.207. The molecule has 58 heavy (non-hydrogen) atoms. The van der Waals surface area contributed by atoms with Gasteiger partial charge in [-0.25, -0.2) is 4.98 Å². The molecule has 5 aromatic rings. The Kier molecular flexibility index (Phi) is 11.7. The van der Waals surface area contributed by atoms with Gasteiger partial charge in [0, 0.05) is 86.5 Å². The number of aliphatic carboxylic acids is 1. The van der Waals surface area contributed by atoms with Gasteiger partial charge >= 0.3 is 5.97 Å². The lowest BCUT2D eigenvalue weighted by molar-refractivity contribution is -0.144. The first-order chi connectivity index (χ1) is 28.0. The number of carboxylic acids is 1. The van der Waals surface area contributed by atoms with Gasteiger partial charge in [0.15, 0.2) is 5.82 Å². The number of rotatable bonds is 13. The van der Waals surface area contributed by atoms with Crippen LogP contribution in [0.4, 0.5) is 5.69 Å². The Balaban J connectivity index is 1.02. The number of pyridine rings is 1. The van der Waals surface area contributed by atoms with Crippen LogP contribution in [0.15, 0.2) is 67.0 Å². The predicted molar refractivity (Wildman–Crippen MR) is 224 cm³/mol. The molecular weight excluding hydrogens is 777 g/mol. The fraction of sp³-hybridized carbons (Fsp3) is 0.364. The number of halogens is 2. The molecule has 302 valence electrons. The average Bonchev–Trinajstić information content (AvgIpc) is 4.02. The molecule has 0 bridgehead atoms. The Morgan fingerprint density at radius 3 is 2.57 bits per heavy atom. The minimum atomic E-state index is -0.823. The van der Waals surface area contributed by atoms with Crippen molar-refractivity contribution in [1.82, 2.24) is 29.7 Å². The van der Waals surface area contributed by atoms with E-state index >= 15 is 0 Å². The molecule has 0 aliphatic carbocycles. The molecule has 3 aliphatic rings. The van der Waals surface area contributed by atoms with Crippen molar-refractivity contribution in [3.05, 3.63) is 122 Å². The Bertz CT molecular complexity index is 2360. The standard InChI is InChI=1S/C44H47Cl2N7O5/c1-26-28(8-6-9-31(26)32-10-7-11-34(41(32)46)50-43(54)42-49-36-23-51(2)15-13-37(36)52(42)3)25-58-40-18-39(57-24-27-16-29(20-47-19-27)35-21-48-35)30(17-33(40)45)22-53-14-5-4-12-38(53)44(55)56/h6-11,16-20,35,38,48H,4-5,12-15,21-25H2,1-3H3,(H,50,54)(H,55,56)/t35?,38-/m0/s1. The van der Waals surface area contributed by atoms with Crippen molar-refractivity contribution >= 4 is 40.8 Å². The molecule has 0 spiro atoms. The fourth-order valence-electron chi connectivity index (χ4n) is 8.02. The third-order valence-electron chi connectivity index (χ3n) is 11.4. The van der Waals surface area contributed by atoms with E-state index in [1.807, 2.05) is 73.1 Å². The number of nitrogens with one attached hydrogen (secondary N) is 2. The van der Waals surface area contributed by atoms with Crippen molar-refractivity contribution in [1.29, 1.82) is 0 Å². The van der Waals surface area contributed by atoms with Gasteiger partial charge in [-0.1, -0.05) is 60.0 Å². The molecule has 2 fully saturated rings. The normalized spacial score (nSPS) is 18.1. The second-order valence-corrected chi connectivity index (χ2v) is 16.2. The number of ether oxygens (including phenoxy) is 2. The number of anilines is 1. The van der Waals surface area contributed by atoms with Crippen LogP contribution in [-0.4, -0.2) is 74.0 Å².